The molecule has 0 radical (unpaired) electrons. The Morgan fingerprint density at radius 1 is 1.50 bits per heavy atom. The summed E-state index contributed by atoms with van der Waals surface area (Å²) in [6.45, 7) is 1.81. The Labute approximate surface area is 83.4 Å². The van der Waals surface area contributed by atoms with Gasteiger partial charge in [0.1, 0.15) is 0 Å². The van der Waals surface area contributed by atoms with E-state index < -0.39 is 0 Å². The number of hydrogen-bond acceptors (Lipinski definition) is 2. The molecule has 1 rings (SSSR count). The molecule has 1 N–H and O–H groups in total. The van der Waals surface area contributed by atoms with E-state index in [0.29, 0.717) is 12.0 Å². The Bertz CT molecular complexity index is 340. The number of rotatable bonds is 3. The maximum atomic E-state index is 11.5. The Hall–Kier alpha value is -1.82. The third-order valence-corrected chi connectivity index (χ3v) is 1.81. The molecule has 0 aliphatic carbocycles. The second-order valence-electron chi connectivity index (χ2n) is 3.10. The van der Waals surface area contributed by atoms with E-state index in [1.165, 1.54) is 0 Å². The second kappa shape index (κ2) is 5.03. The summed E-state index contributed by atoms with van der Waals surface area (Å²) in [5, 5.41) is 11.2. The Balaban J connectivity index is 2.56. The predicted octanol–water partition coefficient (Wildman–Crippen LogP) is 1.72. The minimum atomic E-state index is -0.131. The molecule has 1 amide bonds. The van der Waals surface area contributed by atoms with Crippen LogP contribution in [0.2, 0.25) is 0 Å². The summed E-state index contributed by atoms with van der Waals surface area (Å²) in [5.74, 6) is -0.131. The van der Waals surface area contributed by atoms with Crippen LogP contribution in [-0.2, 0) is 0 Å². The highest BCUT2D eigenvalue weighted by atomic mass is 16.1. The Morgan fingerprint density at radius 3 is 2.71 bits per heavy atom. The number of amides is 1. The molecule has 0 spiro atoms. The molecular formula is C11H12N2O. The number of hydrogen-bond donors (Lipinski definition) is 1. The predicted molar refractivity (Wildman–Crippen MR) is 53.6 cm³/mol. The first-order chi connectivity index (χ1) is 6.74. The van der Waals surface area contributed by atoms with E-state index in [1.54, 1.807) is 12.1 Å². The number of nitrogens with one attached hydrogen (secondary N) is 1. The standard InChI is InChI=1S/C11H12N2O/c1-9(7-8-12)13-11(14)10-5-3-2-4-6-10/h2-6,9H,7H2,1H3,(H,13,14)/t9-/m0/s1. The van der Waals surface area contributed by atoms with Gasteiger partial charge in [0.05, 0.1) is 12.5 Å². The third kappa shape index (κ3) is 2.91. The van der Waals surface area contributed by atoms with Crippen LogP contribution in [0.4, 0.5) is 0 Å². The van der Waals surface area contributed by atoms with Crippen LogP contribution >= 0.6 is 0 Å². The van der Waals surface area contributed by atoms with Crippen LogP contribution in [0.3, 0.4) is 0 Å². The summed E-state index contributed by atoms with van der Waals surface area (Å²) in [7, 11) is 0. The van der Waals surface area contributed by atoms with E-state index in [1.807, 2.05) is 31.2 Å². The molecule has 0 fully saturated rings. The van der Waals surface area contributed by atoms with Crippen molar-refractivity contribution < 1.29 is 4.79 Å². The summed E-state index contributed by atoms with van der Waals surface area (Å²) in [6, 6.07) is 10.9. The lowest BCUT2D eigenvalue weighted by Gasteiger charge is -2.09. The van der Waals surface area contributed by atoms with Crippen molar-refractivity contribution in [2.24, 2.45) is 0 Å². The molecule has 3 heteroatoms. The van der Waals surface area contributed by atoms with Crippen LogP contribution in [0, 0.1) is 11.3 Å². The van der Waals surface area contributed by atoms with Gasteiger partial charge in [0.15, 0.2) is 0 Å². The molecule has 0 bridgehead atoms. The van der Waals surface area contributed by atoms with Crippen molar-refractivity contribution in [3.05, 3.63) is 35.9 Å². The molecule has 0 unspecified atom stereocenters. The molecule has 14 heavy (non-hydrogen) atoms. The molecule has 0 aliphatic rings. The largest absolute Gasteiger partial charge is 0.349 e. The average molecular weight is 188 g/mol. The average Bonchev–Trinajstić information content (AvgIpc) is 2.19. The lowest BCUT2D eigenvalue weighted by molar-refractivity contribution is 0.0941. The first-order valence-corrected chi connectivity index (χ1v) is 4.47. The second-order valence-corrected chi connectivity index (χ2v) is 3.10. The SMILES string of the molecule is C[C@@H](CC#N)NC(=O)c1ccccc1. The van der Waals surface area contributed by atoms with Crippen molar-refractivity contribution >= 4 is 5.91 Å². The first kappa shape index (κ1) is 10.3. The molecule has 1 aromatic carbocycles. The van der Waals surface area contributed by atoms with Crippen molar-refractivity contribution in [3.8, 4) is 6.07 Å². The molecule has 0 heterocycles. The highest BCUT2D eigenvalue weighted by Crippen LogP contribution is 1.99. The van der Waals surface area contributed by atoms with Gasteiger partial charge >= 0.3 is 0 Å². The Kier molecular flexibility index (Phi) is 3.69. The van der Waals surface area contributed by atoms with Crippen LogP contribution in [0.5, 0.6) is 0 Å². The lowest BCUT2D eigenvalue weighted by atomic mass is 10.2. The van der Waals surface area contributed by atoms with Crippen molar-refractivity contribution in [1.29, 1.82) is 5.26 Å². The fourth-order valence-corrected chi connectivity index (χ4v) is 1.08. The van der Waals surface area contributed by atoms with Gasteiger partial charge in [-0.2, -0.15) is 5.26 Å². The van der Waals surface area contributed by atoms with Crippen molar-refractivity contribution in [2.45, 2.75) is 19.4 Å². The number of benzene rings is 1. The number of carbonyl (C=O) groups excluding carboxylic acids is 1. The monoisotopic (exact) mass is 188 g/mol. The molecular weight excluding hydrogens is 176 g/mol. The smallest absolute Gasteiger partial charge is 0.251 e. The molecule has 3 nitrogen and oxygen atoms in total. The topological polar surface area (TPSA) is 52.9 Å². The third-order valence-electron chi connectivity index (χ3n) is 1.81. The van der Waals surface area contributed by atoms with Gasteiger partial charge in [-0.15, -0.1) is 0 Å². The molecule has 72 valence electrons. The van der Waals surface area contributed by atoms with Gasteiger partial charge in [-0.3, -0.25) is 4.79 Å². The fraction of sp³-hybridized carbons (Fsp3) is 0.273. The fourth-order valence-electron chi connectivity index (χ4n) is 1.08. The van der Waals surface area contributed by atoms with Gasteiger partial charge in [-0.05, 0) is 19.1 Å². The van der Waals surface area contributed by atoms with E-state index in [4.69, 9.17) is 5.26 Å². The zero-order chi connectivity index (χ0) is 10.4. The van der Waals surface area contributed by atoms with Gasteiger partial charge in [0, 0.05) is 11.6 Å². The first-order valence-electron chi connectivity index (χ1n) is 4.47. The van der Waals surface area contributed by atoms with Crippen LogP contribution in [-0.4, -0.2) is 11.9 Å². The van der Waals surface area contributed by atoms with Gasteiger partial charge < -0.3 is 5.32 Å². The minimum absolute atomic E-state index is 0.104. The number of nitriles is 1. The Morgan fingerprint density at radius 2 is 2.14 bits per heavy atom. The van der Waals surface area contributed by atoms with E-state index in [0.717, 1.165) is 0 Å². The summed E-state index contributed by atoms with van der Waals surface area (Å²) >= 11 is 0. The highest BCUT2D eigenvalue weighted by molar-refractivity contribution is 5.94. The lowest BCUT2D eigenvalue weighted by Crippen LogP contribution is -2.32. The molecule has 1 atom stereocenters. The number of carbonyl (C=O) groups is 1. The highest BCUT2D eigenvalue weighted by Gasteiger charge is 2.07. The van der Waals surface area contributed by atoms with E-state index in [-0.39, 0.29) is 11.9 Å². The van der Waals surface area contributed by atoms with E-state index in [9.17, 15) is 4.79 Å². The summed E-state index contributed by atoms with van der Waals surface area (Å²) in [4.78, 5) is 11.5. The zero-order valence-electron chi connectivity index (χ0n) is 8.03. The van der Waals surface area contributed by atoms with E-state index >= 15 is 0 Å². The molecule has 0 aromatic heterocycles. The van der Waals surface area contributed by atoms with Gasteiger partial charge in [0.2, 0.25) is 0 Å². The normalized spacial score (nSPS) is 11.4. The molecule has 0 saturated heterocycles. The zero-order valence-corrected chi connectivity index (χ0v) is 8.03. The van der Waals surface area contributed by atoms with Gasteiger partial charge in [-0.1, -0.05) is 18.2 Å². The summed E-state index contributed by atoms with van der Waals surface area (Å²) in [5.41, 5.74) is 0.622. The van der Waals surface area contributed by atoms with Crippen molar-refractivity contribution in [3.63, 3.8) is 0 Å². The summed E-state index contributed by atoms with van der Waals surface area (Å²) < 4.78 is 0. The molecule has 0 saturated carbocycles. The van der Waals surface area contributed by atoms with Crippen LogP contribution in [0.1, 0.15) is 23.7 Å². The van der Waals surface area contributed by atoms with Gasteiger partial charge in [0.25, 0.3) is 5.91 Å². The van der Waals surface area contributed by atoms with Crippen LogP contribution in [0.15, 0.2) is 30.3 Å². The van der Waals surface area contributed by atoms with Crippen molar-refractivity contribution in [1.82, 2.24) is 5.32 Å². The molecule has 1 aromatic rings. The van der Waals surface area contributed by atoms with E-state index in [2.05, 4.69) is 5.32 Å². The quantitative estimate of drug-likeness (QED) is 0.785. The van der Waals surface area contributed by atoms with Crippen LogP contribution in [0.25, 0.3) is 0 Å². The van der Waals surface area contributed by atoms with Crippen LogP contribution < -0.4 is 5.32 Å². The maximum absolute atomic E-state index is 11.5. The van der Waals surface area contributed by atoms with Gasteiger partial charge in [-0.25, -0.2) is 0 Å². The molecule has 0 aliphatic heterocycles. The number of nitrogens with zero attached hydrogens (tertiary/aromatic N) is 1. The minimum Gasteiger partial charge on any atom is -0.349 e. The maximum Gasteiger partial charge on any atom is 0.251 e. The summed E-state index contributed by atoms with van der Waals surface area (Å²) in [6.07, 6.45) is 0.332. The van der Waals surface area contributed by atoms with Crippen molar-refractivity contribution in [2.75, 3.05) is 0 Å².